The first-order valence-corrected chi connectivity index (χ1v) is 5.90. The van der Waals surface area contributed by atoms with E-state index in [1.807, 2.05) is 12.2 Å². The number of esters is 1. The maximum Gasteiger partial charge on any atom is 0.330 e. The van der Waals surface area contributed by atoms with Gasteiger partial charge in [0.25, 0.3) is 0 Å². The average Bonchev–Trinajstić information content (AvgIpc) is 2.67. The zero-order valence-corrected chi connectivity index (χ0v) is 10.3. The number of nitrogens with one attached hydrogen (secondary N) is 1. The van der Waals surface area contributed by atoms with E-state index in [4.69, 9.17) is 0 Å². The second-order valence-corrected chi connectivity index (χ2v) is 3.95. The first kappa shape index (κ1) is 14.2. The molecule has 2 unspecified atom stereocenters. The molecular weight excluding hydrogens is 234 g/mol. The van der Waals surface area contributed by atoms with Gasteiger partial charge in [0, 0.05) is 6.08 Å². The molecule has 1 saturated heterocycles. The standard InChI is InChI=1S/C8H9NO2.C5H8O2/c10-7-5-3-1-2-4-6(5)8(11)9-7;1-3-5(6)7-4-2/h1,3,5-6H,2,4H2,(H,9,10,11);3H,1,4H2,2H3. The van der Waals surface area contributed by atoms with Crippen molar-refractivity contribution in [1.82, 2.24) is 5.32 Å². The first-order chi connectivity index (χ1) is 8.60. The molecule has 1 aliphatic carbocycles. The van der Waals surface area contributed by atoms with E-state index in [9.17, 15) is 14.4 Å². The second-order valence-electron chi connectivity index (χ2n) is 3.95. The summed E-state index contributed by atoms with van der Waals surface area (Å²) in [5.41, 5.74) is 0. The Bertz CT molecular complexity index is 386. The van der Waals surface area contributed by atoms with Crippen LogP contribution in [0.2, 0.25) is 0 Å². The molecule has 2 atom stereocenters. The van der Waals surface area contributed by atoms with Gasteiger partial charge >= 0.3 is 5.97 Å². The highest BCUT2D eigenvalue weighted by atomic mass is 16.5. The molecule has 0 aromatic rings. The molecule has 1 aliphatic heterocycles. The monoisotopic (exact) mass is 251 g/mol. The molecule has 1 fully saturated rings. The van der Waals surface area contributed by atoms with Crippen LogP contribution < -0.4 is 5.32 Å². The van der Waals surface area contributed by atoms with Gasteiger partial charge in [-0.05, 0) is 19.8 Å². The van der Waals surface area contributed by atoms with E-state index in [0.717, 1.165) is 18.9 Å². The highest BCUT2D eigenvalue weighted by molar-refractivity contribution is 6.06. The lowest BCUT2D eigenvalue weighted by Gasteiger charge is -2.14. The summed E-state index contributed by atoms with van der Waals surface area (Å²) in [7, 11) is 0. The number of hydrogen-bond donors (Lipinski definition) is 1. The summed E-state index contributed by atoms with van der Waals surface area (Å²) in [4.78, 5) is 32.2. The minimum Gasteiger partial charge on any atom is -0.463 e. The van der Waals surface area contributed by atoms with Gasteiger partial charge in [-0.1, -0.05) is 18.7 Å². The third-order valence-corrected chi connectivity index (χ3v) is 2.76. The van der Waals surface area contributed by atoms with E-state index in [-0.39, 0.29) is 29.6 Å². The maximum atomic E-state index is 11.1. The lowest BCUT2D eigenvalue weighted by Crippen LogP contribution is -2.21. The van der Waals surface area contributed by atoms with Crippen molar-refractivity contribution in [1.29, 1.82) is 0 Å². The molecule has 2 aliphatic rings. The Kier molecular flexibility index (Phi) is 5.30. The largest absolute Gasteiger partial charge is 0.463 e. The van der Waals surface area contributed by atoms with Crippen molar-refractivity contribution in [3.8, 4) is 0 Å². The van der Waals surface area contributed by atoms with Crippen LogP contribution >= 0.6 is 0 Å². The minimum absolute atomic E-state index is 0.0764. The Balaban J connectivity index is 0.000000203. The fourth-order valence-corrected chi connectivity index (χ4v) is 1.90. The average molecular weight is 251 g/mol. The zero-order chi connectivity index (χ0) is 13.5. The summed E-state index contributed by atoms with van der Waals surface area (Å²) in [6, 6.07) is 0. The highest BCUT2D eigenvalue weighted by Gasteiger charge is 2.40. The number of amides is 2. The van der Waals surface area contributed by atoms with Crippen molar-refractivity contribution < 1.29 is 19.1 Å². The van der Waals surface area contributed by atoms with Crippen LogP contribution in [0.5, 0.6) is 0 Å². The predicted molar refractivity (Wildman–Crippen MR) is 65.3 cm³/mol. The van der Waals surface area contributed by atoms with E-state index in [1.165, 1.54) is 0 Å². The molecule has 0 aromatic carbocycles. The van der Waals surface area contributed by atoms with Crippen LogP contribution in [0.25, 0.3) is 0 Å². The summed E-state index contributed by atoms with van der Waals surface area (Å²) in [5, 5.41) is 2.33. The molecule has 0 saturated carbocycles. The highest BCUT2D eigenvalue weighted by Crippen LogP contribution is 2.28. The lowest BCUT2D eigenvalue weighted by molar-refractivity contribution is -0.137. The summed E-state index contributed by atoms with van der Waals surface area (Å²) in [6.07, 6.45) is 6.69. The Morgan fingerprint density at radius 3 is 2.78 bits per heavy atom. The van der Waals surface area contributed by atoms with Crippen molar-refractivity contribution in [2.75, 3.05) is 6.61 Å². The van der Waals surface area contributed by atoms with Crippen LogP contribution in [0, 0.1) is 11.8 Å². The quantitative estimate of drug-likeness (QED) is 0.343. The second kappa shape index (κ2) is 6.74. The van der Waals surface area contributed by atoms with Crippen LogP contribution in [-0.4, -0.2) is 24.4 Å². The van der Waals surface area contributed by atoms with Gasteiger partial charge < -0.3 is 4.74 Å². The Morgan fingerprint density at radius 2 is 2.28 bits per heavy atom. The van der Waals surface area contributed by atoms with Gasteiger partial charge in [0.05, 0.1) is 18.4 Å². The van der Waals surface area contributed by atoms with Crippen molar-refractivity contribution in [2.45, 2.75) is 19.8 Å². The molecule has 98 valence electrons. The molecular formula is C13H17NO4. The Morgan fingerprint density at radius 1 is 1.56 bits per heavy atom. The number of ether oxygens (including phenoxy) is 1. The van der Waals surface area contributed by atoms with E-state index >= 15 is 0 Å². The van der Waals surface area contributed by atoms with E-state index < -0.39 is 0 Å². The molecule has 2 rings (SSSR count). The van der Waals surface area contributed by atoms with E-state index in [1.54, 1.807) is 6.92 Å². The van der Waals surface area contributed by atoms with Gasteiger partial charge in [-0.25, -0.2) is 4.79 Å². The van der Waals surface area contributed by atoms with Crippen LogP contribution in [-0.2, 0) is 19.1 Å². The van der Waals surface area contributed by atoms with E-state index in [2.05, 4.69) is 16.6 Å². The number of rotatable bonds is 2. The molecule has 0 spiro atoms. The summed E-state index contributed by atoms with van der Waals surface area (Å²) in [6.45, 7) is 5.38. The van der Waals surface area contributed by atoms with Crippen molar-refractivity contribution in [2.24, 2.45) is 11.8 Å². The fraction of sp³-hybridized carbons (Fsp3) is 0.462. The topological polar surface area (TPSA) is 72.5 Å². The zero-order valence-electron chi connectivity index (χ0n) is 10.3. The smallest absolute Gasteiger partial charge is 0.330 e. The van der Waals surface area contributed by atoms with Crippen LogP contribution in [0.4, 0.5) is 0 Å². The van der Waals surface area contributed by atoms with Gasteiger partial charge in [0.2, 0.25) is 11.8 Å². The van der Waals surface area contributed by atoms with Crippen molar-refractivity contribution in [3.05, 3.63) is 24.8 Å². The molecule has 0 radical (unpaired) electrons. The molecule has 18 heavy (non-hydrogen) atoms. The van der Waals surface area contributed by atoms with Gasteiger partial charge in [0.1, 0.15) is 0 Å². The number of fused-ring (bicyclic) bond motifs is 1. The third kappa shape index (κ3) is 3.55. The predicted octanol–water partition coefficient (Wildman–Crippen LogP) is 0.961. The number of carbonyl (C=O) groups is 3. The van der Waals surface area contributed by atoms with Gasteiger partial charge in [-0.3, -0.25) is 14.9 Å². The maximum absolute atomic E-state index is 11.1. The third-order valence-electron chi connectivity index (χ3n) is 2.76. The van der Waals surface area contributed by atoms with Gasteiger partial charge in [-0.15, -0.1) is 0 Å². The van der Waals surface area contributed by atoms with E-state index in [0.29, 0.717) is 6.61 Å². The summed E-state index contributed by atoms with van der Waals surface area (Å²) >= 11 is 0. The number of hydrogen-bond acceptors (Lipinski definition) is 4. The van der Waals surface area contributed by atoms with Crippen molar-refractivity contribution >= 4 is 17.8 Å². The molecule has 5 heteroatoms. The lowest BCUT2D eigenvalue weighted by atomic mass is 9.86. The first-order valence-electron chi connectivity index (χ1n) is 5.90. The number of imide groups is 1. The Hall–Kier alpha value is -1.91. The molecule has 1 N–H and O–H groups in total. The molecule has 5 nitrogen and oxygen atoms in total. The summed E-state index contributed by atoms with van der Waals surface area (Å²) < 4.78 is 4.43. The normalized spacial score (nSPS) is 24.5. The molecule has 2 amide bonds. The summed E-state index contributed by atoms with van der Waals surface area (Å²) in [5.74, 6) is -0.827. The van der Waals surface area contributed by atoms with Crippen LogP contribution in [0.3, 0.4) is 0 Å². The molecule has 0 aromatic heterocycles. The van der Waals surface area contributed by atoms with Crippen LogP contribution in [0.1, 0.15) is 19.8 Å². The number of allylic oxidation sites excluding steroid dienone is 1. The minimum atomic E-state index is -0.359. The SMILES string of the molecule is C=CC(=O)OCC.O=C1NC(=O)C2CCC=CC12. The molecule has 1 heterocycles. The fourth-order valence-electron chi connectivity index (χ4n) is 1.90. The Labute approximate surface area is 106 Å². The van der Waals surface area contributed by atoms with Gasteiger partial charge in [-0.2, -0.15) is 0 Å². The molecule has 0 bridgehead atoms. The van der Waals surface area contributed by atoms with Crippen molar-refractivity contribution in [3.63, 3.8) is 0 Å². The number of carbonyl (C=O) groups excluding carboxylic acids is 3. The van der Waals surface area contributed by atoms with Crippen LogP contribution in [0.15, 0.2) is 24.8 Å². The van der Waals surface area contributed by atoms with Gasteiger partial charge in [0.15, 0.2) is 0 Å².